The summed E-state index contributed by atoms with van der Waals surface area (Å²) in [5, 5.41) is 14.6. The number of nitrogens with two attached hydrogens (primary N) is 1. The molecule has 0 radical (unpaired) electrons. The molecule has 2 aromatic carbocycles. The van der Waals surface area contributed by atoms with Crippen LogP contribution in [0.1, 0.15) is 53.0 Å². The molecule has 7 atom stereocenters. The number of rotatable bonds is 5. The normalized spacial score (nSPS) is 31.5. The van der Waals surface area contributed by atoms with Crippen LogP contribution in [0.3, 0.4) is 0 Å². The SMILES string of the molecule is COc1cc2cc(c1-c1ccc(N)c(Cl)c1)N(C)C(=O)C[C@H](OC(=O)C(C)C)[C@]1(C)O[C@H]1[C@H](C)[C@@H]1C[C@@](O)(NC(=O)O1)[C@H](OC)/C=C/C=C(\C)C2. The number of esters is 1. The van der Waals surface area contributed by atoms with Crippen molar-refractivity contribution >= 4 is 40.9 Å². The molecule has 0 saturated carbocycles. The lowest BCUT2D eigenvalue weighted by Crippen LogP contribution is -2.63. The highest BCUT2D eigenvalue weighted by Gasteiger charge is 2.64. The van der Waals surface area contributed by atoms with E-state index in [0.29, 0.717) is 39.7 Å². The van der Waals surface area contributed by atoms with E-state index in [9.17, 15) is 19.5 Å². The summed E-state index contributed by atoms with van der Waals surface area (Å²) in [7, 11) is 4.67. The van der Waals surface area contributed by atoms with Crippen LogP contribution in [0.15, 0.2) is 54.1 Å². The first-order valence-corrected chi connectivity index (χ1v) is 17.4. The van der Waals surface area contributed by atoms with Crippen LogP contribution >= 0.6 is 11.6 Å². The molecule has 3 heterocycles. The number of anilines is 2. The maximum Gasteiger partial charge on any atom is 0.409 e. The Hall–Kier alpha value is -4.10. The second kappa shape index (κ2) is 14.9. The number of benzene rings is 2. The standard InChI is InChI=1S/C38H48ClN3O9/c1-20(2)35(44)50-31-18-32(43)42(6)27-15-23(16-28(47-7)33(27)24-12-13-26(40)25(39)17-24)14-21(3)10-9-11-30(48-8)38(46)19-29(49-36(45)41-38)22(4)34-37(31,5)51-34/h9-13,15-17,20,22,29-31,34,46H,14,18-19,40H2,1-8H3,(H,41,45)/b11-9+,21-10+/t22-,29+,30-,31+,34+,37+,38+/m1/s1. The van der Waals surface area contributed by atoms with E-state index in [1.165, 1.54) is 12.0 Å². The van der Waals surface area contributed by atoms with E-state index in [4.69, 9.17) is 41.0 Å². The second-order valence-corrected chi connectivity index (χ2v) is 14.6. The first-order valence-electron chi connectivity index (χ1n) is 17.0. The van der Waals surface area contributed by atoms with Crippen LogP contribution in [-0.4, -0.2) is 80.1 Å². The molecule has 2 amide bonds. The van der Waals surface area contributed by atoms with Gasteiger partial charge in [0.25, 0.3) is 0 Å². The van der Waals surface area contributed by atoms with Crippen molar-refractivity contribution in [1.29, 1.82) is 0 Å². The minimum Gasteiger partial charge on any atom is -0.496 e. The van der Waals surface area contributed by atoms with Gasteiger partial charge in [-0.25, -0.2) is 4.79 Å². The van der Waals surface area contributed by atoms with Crippen LogP contribution in [0.25, 0.3) is 11.1 Å². The Bertz CT molecular complexity index is 1740. The number of carbonyl (C=O) groups is 3. The Labute approximate surface area is 303 Å². The fraction of sp³-hybridized carbons (Fsp3) is 0.500. The molecule has 0 aromatic heterocycles. The zero-order chi connectivity index (χ0) is 37.4. The molecule has 3 aliphatic heterocycles. The van der Waals surface area contributed by atoms with Crippen molar-refractivity contribution < 1.29 is 43.2 Å². The lowest BCUT2D eigenvalue weighted by Gasteiger charge is -2.42. The van der Waals surface area contributed by atoms with Gasteiger partial charge < -0.3 is 39.4 Å². The molecule has 5 rings (SSSR count). The number of amides is 2. The summed E-state index contributed by atoms with van der Waals surface area (Å²) in [5.41, 5.74) is 7.21. The number of allylic oxidation sites excluding steroid dienone is 3. The summed E-state index contributed by atoms with van der Waals surface area (Å²) in [4.78, 5) is 41.7. The van der Waals surface area contributed by atoms with Crippen LogP contribution in [0.4, 0.5) is 16.2 Å². The average Bonchev–Trinajstić information content (AvgIpc) is 3.77. The third-order valence-electron chi connectivity index (χ3n) is 10.0. The molecule has 0 spiro atoms. The van der Waals surface area contributed by atoms with Crippen molar-refractivity contribution in [1.82, 2.24) is 5.32 Å². The van der Waals surface area contributed by atoms with Gasteiger partial charge in [0.2, 0.25) is 5.91 Å². The summed E-state index contributed by atoms with van der Waals surface area (Å²) in [5.74, 6) is -1.25. The van der Waals surface area contributed by atoms with Crippen LogP contribution in [0.5, 0.6) is 5.75 Å². The van der Waals surface area contributed by atoms with Gasteiger partial charge in [0.15, 0.2) is 5.72 Å². The molecule has 3 aliphatic rings. The molecule has 4 bridgehead atoms. The van der Waals surface area contributed by atoms with Gasteiger partial charge >= 0.3 is 12.1 Å². The monoisotopic (exact) mass is 725 g/mol. The zero-order valence-electron chi connectivity index (χ0n) is 30.3. The Morgan fingerprint density at radius 1 is 1.20 bits per heavy atom. The molecule has 2 aromatic rings. The molecule has 12 nitrogen and oxygen atoms in total. The number of carbonyl (C=O) groups excluding carboxylic acids is 3. The van der Waals surface area contributed by atoms with Crippen molar-refractivity contribution in [3.63, 3.8) is 0 Å². The van der Waals surface area contributed by atoms with E-state index in [-0.39, 0.29) is 18.7 Å². The molecule has 2 saturated heterocycles. The van der Waals surface area contributed by atoms with Gasteiger partial charge in [-0.1, -0.05) is 62.2 Å². The summed E-state index contributed by atoms with van der Waals surface area (Å²) >= 11 is 6.46. The largest absolute Gasteiger partial charge is 0.496 e. The first-order chi connectivity index (χ1) is 24.0. The number of nitrogen functional groups attached to an aromatic ring is 1. The molecule has 13 heteroatoms. The molecular weight excluding hydrogens is 678 g/mol. The average molecular weight is 726 g/mol. The third kappa shape index (κ3) is 7.89. The van der Waals surface area contributed by atoms with E-state index in [1.54, 1.807) is 59.2 Å². The molecule has 4 N–H and O–H groups in total. The van der Waals surface area contributed by atoms with Crippen molar-refractivity contribution in [3.8, 4) is 16.9 Å². The molecule has 51 heavy (non-hydrogen) atoms. The van der Waals surface area contributed by atoms with Gasteiger partial charge in [-0.2, -0.15) is 0 Å². The van der Waals surface area contributed by atoms with E-state index < -0.39 is 59.6 Å². The van der Waals surface area contributed by atoms with Gasteiger partial charge in [0, 0.05) is 32.1 Å². The van der Waals surface area contributed by atoms with Crippen molar-refractivity contribution in [2.45, 2.75) is 89.6 Å². The second-order valence-electron chi connectivity index (χ2n) is 14.2. The fourth-order valence-electron chi connectivity index (χ4n) is 6.90. The van der Waals surface area contributed by atoms with E-state index in [1.807, 2.05) is 38.1 Å². The molecule has 2 fully saturated rings. The maximum atomic E-state index is 14.4. The third-order valence-corrected chi connectivity index (χ3v) is 10.4. The summed E-state index contributed by atoms with van der Waals surface area (Å²) in [6.07, 6.45) is 1.50. The zero-order valence-corrected chi connectivity index (χ0v) is 31.1. The van der Waals surface area contributed by atoms with E-state index in [2.05, 4.69) is 5.32 Å². The minimum absolute atomic E-state index is 0.0108. The highest BCUT2D eigenvalue weighted by molar-refractivity contribution is 6.33. The molecule has 0 unspecified atom stereocenters. The predicted molar refractivity (Wildman–Crippen MR) is 193 cm³/mol. The minimum atomic E-state index is -1.79. The highest BCUT2D eigenvalue weighted by atomic mass is 35.5. The number of hydrogen-bond acceptors (Lipinski definition) is 10. The Balaban J connectivity index is 1.65. The number of aliphatic hydroxyl groups is 1. The van der Waals surface area contributed by atoms with E-state index >= 15 is 0 Å². The number of methoxy groups -OCH3 is 2. The number of epoxide rings is 1. The van der Waals surface area contributed by atoms with Crippen LogP contribution < -0.4 is 20.7 Å². The number of nitrogens with one attached hydrogen (secondary N) is 1. The Kier molecular flexibility index (Phi) is 11.1. The number of nitrogens with zero attached hydrogens (tertiary/aromatic N) is 1. The first kappa shape index (κ1) is 38.1. The van der Waals surface area contributed by atoms with Gasteiger partial charge in [-0.05, 0) is 55.7 Å². The van der Waals surface area contributed by atoms with Crippen molar-refractivity contribution in [3.05, 3.63) is 64.7 Å². The van der Waals surface area contributed by atoms with Crippen LogP contribution in [0, 0.1) is 11.8 Å². The molecule has 276 valence electrons. The summed E-state index contributed by atoms with van der Waals surface area (Å²) < 4.78 is 29.5. The predicted octanol–water partition coefficient (Wildman–Crippen LogP) is 5.57. The lowest BCUT2D eigenvalue weighted by molar-refractivity contribution is -0.157. The number of hydrogen-bond donors (Lipinski definition) is 3. The Morgan fingerprint density at radius 3 is 2.57 bits per heavy atom. The highest BCUT2D eigenvalue weighted by Crippen LogP contribution is 2.49. The van der Waals surface area contributed by atoms with Crippen molar-refractivity contribution in [2.75, 3.05) is 31.9 Å². The maximum absolute atomic E-state index is 14.4. The fourth-order valence-corrected chi connectivity index (χ4v) is 7.09. The van der Waals surface area contributed by atoms with Gasteiger partial charge in [0.1, 0.15) is 29.7 Å². The quantitative estimate of drug-likeness (QED) is 0.202. The number of halogens is 1. The number of ether oxygens (including phenoxy) is 5. The summed E-state index contributed by atoms with van der Waals surface area (Å²) in [6.45, 7) is 8.99. The van der Waals surface area contributed by atoms with Crippen LogP contribution in [-0.2, 0) is 35.0 Å². The van der Waals surface area contributed by atoms with Gasteiger partial charge in [-0.15, -0.1) is 0 Å². The molecular formula is C38H48ClN3O9. The van der Waals surface area contributed by atoms with Crippen molar-refractivity contribution in [2.24, 2.45) is 11.8 Å². The van der Waals surface area contributed by atoms with Gasteiger partial charge in [0.05, 0.1) is 41.9 Å². The summed E-state index contributed by atoms with van der Waals surface area (Å²) in [6, 6.07) is 9.06. The van der Waals surface area contributed by atoms with E-state index in [0.717, 1.165) is 11.1 Å². The van der Waals surface area contributed by atoms with Crippen LogP contribution in [0.2, 0.25) is 5.02 Å². The topological polar surface area (TPSA) is 162 Å². The van der Waals surface area contributed by atoms with Gasteiger partial charge in [-0.3, -0.25) is 14.9 Å². The number of fused-ring (bicyclic) bond motifs is 5. The lowest BCUT2D eigenvalue weighted by atomic mass is 9.83. The number of alkyl carbamates (subject to hydrolysis) is 1. The Morgan fingerprint density at radius 2 is 1.92 bits per heavy atom. The molecule has 0 aliphatic carbocycles. The smallest absolute Gasteiger partial charge is 0.409 e.